The smallest absolute Gasteiger partial charge is 0.272 e. The first-order chi connectivity index (χ1) is 10.5. The van der Waals surface area contributed by atoms with E-state index in [1.165, 1.54) is 0 Å². The first-order valence-electron chi connectivity index (χ1n) is 7.33. The first-order valence-corrected chi connectivity index (χ1v) is 7.70. The van der Waals surface area contributed by atoms with E-state index in [-0.39, 0.29) is 18.3 Å². The number of halogens is 2. The van der Waals surface area contributed by atoms with Crippen LogP contribution in [0.25, 0.3) is 0 Å². The Labute approximate surface area is 146 Å². The number of benzene rings is 1. The number of nitrogens with one attached hydrogen (secondary N) is 3. The molecule has 0 atom stereocenters. The number of nitrogens with zero attached hydrogens (tertiary/aromatic N) is 1. The zero-order valence-electron chi connectivity index (χ0n) is 13.1. The lowest BCUT2D eigenvalue weighted by Gasteiger charge is -2.27. The van der Waals surface area contributed by atoms with Gasteiger partial charge in [0.2, 0.25) is 0 Å². The number of hydrogen-bond acceptors (Lipinski definition) is 3. The molecule has 23 heavy (non-hydrogen) atoms. The highest BCUT2D eigenvalue weighted by Gasteiger charge is 2.28. The van der Waals surface area contributed by atoms with Crippen molar-refractivity contribution in [3.63, 3.8) is 0 Å². The largest absolute Gasteiger partial charge is 0.342 e. The topological polar surface area (TPSA) is 69.8 Å². The van der Waals surface area contributed by atoms with Crippen LogP contribution in [-0.4, -0.2) is 22.6 Å². The van der Waals surface area contributed by atoms with Crippen molar-refractivity contribution in [1.29, 1.82) is 0 Å². The molecule has 0 saturated heterocycles. The molecule has 1 aliphatic rings. The summed E-state index contributed by atoms with van der Waals surface area (Å²) < 4.78 is 0. The van der Waals surface area contributed by atoms with Gasteiger partial charge in [0.15, 0.2) is 5.69 Å². The third kappa shape index (κ3) is 3.68. The van der Waals surface area contributed by atoms with Gasteiger partial charge in [-0.15, -0.1) is 12.4 Å². The lowest BCUT2D eigenvalue weighted by Crippen LogP contribution is -2.41. The van der Waals surface area contributed by atoms with E-state index < -0.39 is 5.54 Å². The van der Waals surface area contributed by atoms with Crippen LogP contribution in [0.4, 0.5) is 0 Å². The maximum atomic E-state index is 12.6. The van der Waals surface area contributed by atoms with E-state index in [2.05, 4.69) is 20.8 Å². The molecule has 0 saturated carbocycles. The van der Waals surface area contributed by atoms with Gasteiger partial charge in [0, 0.05) is 35.8 Å². The van der Waals surface area contributed by atoms with Crippen molar-refractivity contribution in [2.45, 2.75) is 32.4 Å². The number of carbonyl (C=O) groups excluding carboxylic acids is 1. The number of aromatic nitrogens is 2. The van der Waals surface area contributed by atoms with Crippen molar-refractivity contribution in [1.82, 2.24) is 20.8 Å². The zero-order chi connectivity index (χ0) is 15.7. The van der Waals surface area contributed by atoms with Gasteiger partial charge in [-0.3, -0.25) is 9.89 Å². The molecule has 3 N–H and O–H groups in total. The van der Waals surface area contributed by atoms with Crippen LogP contribution in [0.3, 0.4) is 0 Å². The lowest BCUT2D eigenvalue weighted by molar-refractivity contribution is 0.0905. The average Bonchev–Trinajstić information content (AvgIpc) is 2.91. The average molecular weight is 355 g/mol. The van der Waals surface area contributed by atoms with Crippen LogP contribution in [0, 0.1) is 0 Å². The molecule has 124 valence electrons. The molecule has 2 aromatic rings. The van der Waals surface area contributed by atoms with Crippen LogP contribution in [0.15, 0.2) is 24.3 Å². The SMILES string of the molecule is CC(C)(NC(=O)c1n[nH]c2c1CNCC2)c1cccc(Cl)c1.Cl. The Bertz CT molecular complexity index is 712. The monoisotopic (exact) mass is 354 g/mol. The van der Waals surface area contributed by atoms with Crippen LogP contribution in [-0.2, 0) is 18.5 Å². The molecule has 2 heterocycles. The molecule has 1 amide bonds. The quantitative estimate of drug-likeness (QED) is 0.793. The predicted molar refractivity (Wildman–Crippen MR) is 93.2 cm³/mol. The van der Waals surface area contributed by atoms with Gasteiger partial charge in [-0.25, -0.2) is 0 Å². The fourth-order valence-corrected chi connectivity index (χ4v) is 2.90. The van der Waals surface area contributed by atoms with E-state index in [0.717, 1.165) is 29.8 Å². The van der Waals surface area contributed by atoms with Crippen molar-refractivity contribution >= 4 is 29.9 Å². The number of carbonyl (C=O) groups is 1. The highest BCUT2D eigenvalue weighted by Crippen LogP contribution is 2.24. The molecule has 0 spiro atoms. The normalized spacial score (nSPS) is 13.9. The van der Waals surface area contributed by atoms with Gasteiger partial charge in [-0.1, -0.05) is 23.7 Å². The van der Waals surface area contributed by atoms with E-state index in [1.54, 1.807) is 0 Å². The number of amides is 1. The molecule has 3 rings (SSSR count). The fourth-order valence-electron chi connectivity index (χ4n) is 2.71. The standard InChI is InChI=1S/C16H19ClN4O.ClH/c1-16(2,10-4-3-5-11(17)8-10)19-15(22)14-12-9-18-7-6-13(12)20-21-14;/h3-5,8,18H,6-7,9H2,1-2H3,(H,19,22)(H,20,21);1H. The van der Waals surface area contributed by atoms with Gasteiger partial charge in [0.25, 0.3) is 5.91 Å². The van der Waals surface area contributed by atoms with Crippen molar-refractivity contribution in [3.05, 3.63) is 51.8 Å². The van der Waals surface area contributed by atoms with E-state index >= 15 is 0 Å². The summed E-state index contributed by atoms with van der Waals surface area (Å²) in [6, 6.07) is 7.52. The highest BCUT2D eigenvalue weighted by molar-refractivity contribution is 6.30. The Balaban J connectivity index is 0.00000192. The van der Waals surface area contributed by atoms with Crippen molar-refractivity contribution in [2.24, 2.45) is 0 Å². The van der Waals surface area contributed by atoms with Gasteiger partial charge in [0.1, 0.15) is 0 Å². The Morgan fingerprint density at radius 3 is 2.91 bits per heavy atom. The molecule has 7 heteroatoms. The summed E-state index contributed by atoms with van der Waals surface area (Å²) in [4.78, 5) is 12.6. The Morgan fingerprint density at radius 2 is 2.17 bits per heavy atom. The minimum absolute atomic E-state index is 0. The third-order valence-corrected chi connectivity index (χ3v) is 4.23. The molecular weight excluding hydrogens is 335 g/mol. The molecule has 1 aliphatic heterocycles. The third-order valence-electron chi connectivity index (χ3n) is 3.99. The van der Waals surface area contributed by atoms with Crippen LogP contribution in [0.1, 0.15) is 41.2 Å². The second-order valence-corrected chi connectivity index (χ2v) is 6.48. The van der Waals surface area contributed by atoms with Gasteiger partial charge in [-0.2, -0.15) is 5.10 Å². The van der Waals surface area contributed by atoms with E-state index in [4.69, 9.17) is 11.6 Å². The molecule has 0 fully saturated rings. The van der Waals surface area contributed by atoms with Crippen LogP contribution >= 0.6 is 24.0 Å². The van der Waals surface area contributed by atoms with Gasteiger partial charge in [-0.05, 0) is 31.5 Å². The molecule has 0 radical (unpaired) electrons. The van der Waals surface area contributed by atoms with Gasteiger partial charge >= 0.3 is 0 Å². The second-order valence-electron chi connectivity index (χ2n) is 6.05. The number of aromatic amines is 1. The lowest BCUT2D eigenvalue weighted by atomic mass is 9.94. The Hall–Kier alpha value is -1.56. The number of rotatable bonds is 3. The summed E-state index contributed by atoms with van der Waals surface area (Å²) in [5, 5.41) is 14.1. The summed E-state index contributed by atoms with van der Waals surface area (Å²) in [6.45, 7) is 5.48. The fraction of sp³-hybridized carbons (Fsp3) is 0.375. The summed E-state index contributed by atoms with van der Waals surface area (Å²) in [7, 11) is 0. The molecule has 1 aromatic heterocycles. The van der Waals surface area contributed by atoms with Gasteiger partial charge < -0.3 is 10.6 Å². The van der Waals surface area contributed by atoms with E-state index in [9.17, 15) is 4.79 Å². The molecule has 0 bridgehead atoms. The molecule has 5 nitrogen and oxygen atoms in total. The second kappa shape index (κ2) is 6.91. The Morgan fingerprint density at radius 1 is 1.39 bits per heavy atom. The number of hydrogen-bond donors (Lipinski definition) is 3. The first kappa shape index (κ1) is 17.8. The van der Waals surface area contributed by atoms with Crippen molar-refractivity contribution in [3.8, 4) is 0 Å². The zero-order valence-corrected chi connectivity index (χ0v) is 14.6. The van der Waals surface area contributed by atoms with Crippen LogP contribution < -0.4 is 10.6 Å². The van der Waals surface area contributed by atoms with Gasteiger partial charge in [0.05, 0.1) is 5.54 Å². The van der Waals surface area contributed by atoms with Crippen molar-refractivity contribution < 1.29 is 4.79 Å². The Kier molecular flexibility index (Phi) is 5.34. The molecule has 0 unspecified atom stereocenters. The number of H-pyrrole nitrogens is 1. The maximum absolute atomic E-state index is 12.6. The summed E-state index contributed by atoms with van der Waals surface area (Å²) in [5.41, 5.74) is 2.90. The van der Waals surface area contributed by atoms with E-state index in [0.29, 0.717) is 17.3 Å². The highest BCUT2D eigenvalue weighted by atomic mass is 35.5. The molecule has 0 aliphatic carbocycles. The molecular formula is C16H20Cl2N4O. The van der Waals surface area contributed by atoms with Crippen molar-refractivity contribution in [2.75, 3.05) is 6.54 Å². The minimum Gasteiger partial charge on any atom is -0.342 e. The van der Waals surface area contributed by atoms with Crippen LogP contribution in [0.5, 0.6) is 0 Å². The number of fused-ring (bicyclic) bond motifs is 1. The summed E-state index contributed by atoms with van der Waals surface area (Å²) in [5.74, 6) is -0.175. The minimum atomic E-state index is -0.532. The van der Waals surface area contributed by atoms with E-state index in [1.807, 2.05) is 38.1 Å². The summed E-state index contributed by atoms with van der Waals surface area (Å²) >= 11 is 6.04. The summed E-state index contributed by atoms with van der Waals surface area (Å²) in [6.07, 6.45) is 0.868. The maximum Gasteiger partial charge on any atom is 0.272 e. The predicted octanol–water partition coefficient (Wildman–Crippen LogP) is 2.80. The van der Waals surface area contributed by atoms with Crippen LogP contribution in [0.2, 0.25) is 5.02 Å². The molecule has 1 aromatic carbocycles.